The molecule has 0 saturated heterocycles. The molecule has 1 radical (unpaired) electrons. The van der Waals surface area contributed by atoms with Gasteiger partial charge in [0.15, 0.2) is 0 Å². The van der Waals surface area contributed by atoms with Gasteiger partial charge in [-0.3, -0.25) is 4.98 Å². The van der Waals surface area contributed by atoms with Gasteiger partial charge in [-0.15, -0.1) is 0 Å². The lowest BCUT2D eigenvalue weighted by atomic mass is 10.1. The van der Waals surface area contributed by atoms with Crippen molar-refractivity contribution < 1.29 is 0 Å². The molecule has 1 aliphatic rings. The van der Waals surface area contributed by atoms with Crippen LogP contribution in [0.15, 0.2) is 18.3 Å². The first-order chi connectivity index (χ1) is 6.43. The molecule has 1 aliphatic carbocycles. The van der Waals surface area contributed by atoms with Crippen LogP contribution in [0.1, 0.15) is 17.5 Å². The predicted octanol–water partition coefficient (Wildman–Crippen LogP) is 1.92. The first-order valence-corrected chi connectivity index (χ1v) is 4.58. The van der Waals surface area contributed by atoms with E-state index in [1.807, 2.05) is 0 Å². The molecule has 2 aromatic rings. The van der Waals surface area contributed by atoms with Crippen molar-refractivity contribution >= 4 is 11.0 Å². The molecule has 2 nitrogen and oxygen atoms in total. The highest BCUT2D eigenvalue weighted by molar-refractivity contribution is 5.76. The lowest BCUT2D eigenvalue weighted by Crippen LogP contribution is -1.87. The molecule has 3 rings (SSSR count). The second-order valence-electron chi connectivity index (χ2n) is 3.46. The Labute approximate surface area is 76.6 Å². The van der Waals surface area contributed by atoms with E-state index in [4.69, 9.17) is 0 Å². The molecule has 2 heteroatoms. The third-order valence-corrected chi connectivity index (χ3v) is 2.64. The standard InChI is InChI=1S/C11H9N2/c1-2-8-6-10-11(7-9(8)3-1)13-5-4-12-10/h4,6-7H,1-3H2. The Balaban J connectivity index is 2.36. The van der Waals surface area contributed by atoms with Gasteiger partial charge in [0.25, 0.3) is 0 Å². The van der Waals surface area contributed by atoms with Gasteiger partial charge in [-0.2, -0.15) is 0 Å². The Morgan fingerprint density at radius 1 is 1.08 bits per heavy atom. The third kappa shape index (κ3) is 1.02. The Morgan fingerprint density at radius 2 is 1.85 bits per heavy atom. The average Bonchev–Trinajstić information content (AvgIpc) is 2.61. The zero-order chi connectivity index (χ0) is 8.67. The maximum Gasteiger partial charge on any atom is 0.109 e. The largest absolute Gasteiger partial charge is 0.252 e. The molecule has 0 atom stereocenters. The van der Waals surface area contributed by atoms with Crippen LogP contribution in [-0.4, -0.2) is 9.97 Å². The molecule has 1 aromatic heterocycles. The van der Waals surface area contributed by atoms with E-state index in [9.17, 15) is 0 Å². The van der Waals surface area contributed by atoms with Crippen molar-refractivity contribution in [3.05, 3.63) is 35.7 Å². The maximum absolute atomic E-state index is 4.24. The van der Waals surface area contributed by atoms with Gasteiger partial charge >= 0.3 is 0 Å². The van der Waals surface area contributed by atoms with Gasteiger partial charge in [-0.05, 0) is 42.5 Å². The van der Waals surface area contributed by atoms with E-state index in [-0.39, 0.29) is 0 Å². The molecule has 1 aromatic carbocycles. The van der Waals surface area contributed by atoms with Crippen LogP contribution in [0.25, 0.3) is 11.0 Å². The van der Waals surface area contributed by atoms with Crippen LogP contribution >= 0.6 is 0 Å². The molecule has 0 N–H and O–H groups in total. The van der Waals surface area contributed by atoms with Crippen LogP contribution in [0.4, 0.5) is 0 Å². The molecule has 0 unspecified atom stereocenters. The van der Waals surface area contributed by atoms with Crippen LogP contribution < -0.4 is 0 Å². The average molecular weight is 169 g/mol. The molecule has 13 heavy (non-hydrogen) atoms. The fourth-order valence-corrected chi connectivity index (χ4v) is 1.99. The molecule has 0 fully saturated rings. The lowest BCUT2D eigenvalue weighted by molar-refractivity contribution is 0.912. The minimum absolute atomic E-state index is 0.975. The summed E-state index contributed by atoms with van der Waals surface area (Å²) in [7, 11) is 0. The summed E-state index contributed by atoms with van der Waals surface area (Å²) in [6, 6.07) is 4.32. The normalized spacial score (nSPS) is 14.8. The van der Waals surface area contributed by atoms with Gasteiger partial charge in [0.1, 0.15) is 6.20 Å². The summed E-state index contributed by atoms with van der Waals surface area (Å²) in [5.41, 5.74) is 4.87. The number of hydrogen-bond donors (Lipinski definition) is 0. The minimum atomic E-state index is 0.975. The second kappa shape index (κ2) is 2.52. The summed E-state index contributed by atoms with van der Waals surface area (Å²) in [5, 5.41) is 0. The lowest BCUT2D eigenvalue weighted by Gasteiger charge is -2.00. The van der Waals surface area contributed by atoms with Gasteiger partial charge in [-0.25, -0.2) is 4.98 Å². The topological polar surface area (TPSA) is 25.8 Å². The van der Waals surface area contributed by atoms with Crippen molar-refractivity contribution in [2.45, 2.75) is 19.3 Å². The van der Waals surface area contributed by atoms with Gasteiger partial charge < -0.3 is 0 Å². The van der Waals surface area contributed by atoms with Crippen LogP contribution in [0.3, 0.4) is 0 Å². The quantitative estimate of drug-likeness (QED) is 0.602. The van der Waals surface area contributed by atoms with Gasteiger partial charge in [0.2, 0.25) is 0 Å². The predicted molar refractivity (Wildman–Crippen MR) is 50.4 cm³/mol. The maximum atomic E-state index is 4.24. The molecule has 0 spiro atoms. The summed E-state index contributed by atoms with van der Waals surface area (Å²) in [6.45, 7) is 0. The van der Waals surface area contributed by atoms with Crippen molar-refractivity contribution in [3.63, 3.8) is 0 Å². The highest BCUT2D eigenvalue weighted by Crippen LogP contribution is 2.24. The Kier molecular flexibility index (Phi) is 1.36. The second-order valence-corrected chi connectivity index (χ2v) is 3.46. The van der Waals surface area contributed by atoms with E-state index in [0.717, 1.165) is 11.0 Å². The molecule has 0 amide bonds. The number of hydrogen-bond acceptors (Lipinski definition) is 2. The van der Waals surface area contributed by atoms with Crippen molar-refractivity contribution in [2.24, 2.45) is 0 Å². The molecular formula is C11H9N2. The summed E-state index contributed by atoms with van der Waals surface area (Å²) in [6.07, 6.45) is 8.06. The van der Waals surface area contributed by atoms with Crippen LogP contribution in [0, 0.1) is 6.20 Å². The van der Waals surface area contributed by atoms with E-state index < -0.39 is 0 Å². The van der Waals surface area contributed by atoms with Crippen molar-refractivity contribution in [3.8, 4) is 0 Å². The van der Waals surface area contributed by atoms with Gasteiger partial charge in [-0.1, -0.05) is 0 Å². The Morgan fingerprint density at radius 3 is 2.69 bits per heavy atom. The third-order valence-electron chi connectivity index (χ3n) is 2.64. The minimum Gasteiger partial charge on any atom is -0.252 e. The Bertz CT molecular complexity index is 420. The number of benzene rings is 1. The first kappa shape index (κ1) is 7.01. The molecule has 63 valence electrons. The number of aryl methyl sites for hydroxylation is 2. The summed E-state index contributed by atoms with van der Waals surface area (Å²) in [5.74, 6) is 0. The monoisotopic (exact) mass is 169 g/mol. The summed E-state index contributed by atoms with van der Waals surface area (Å²) in [4.78, 5) is 8.41. The number of rotatable bonds is 0. The van der Waals surface area contributed by atoms with Gasteiger partial charge in [0.05, 0.1) is 17.2 Å². The zero-order valence-electron chi connectivity index (χ0n) is 7.25. The molecule has 0 saturated carbocycles. The molecule has 0 aliphatic heterocycles. The zero-order valence-corrected chi connectivity index (χ0v) is 7.25. The van der Waals surface area contributed by atoms with Crippen LogP contribution in [0.5, 0.6) is 0 Å². The van der Waals surface area contributed by atoms with E-state index in [0.29, 0.717) is 0 Å². The number of aromatic nitrogens is 2. The fourth-order valence-electron chi connectivity index (χ4n) is 1.99. The Hall–Kier alpha value is -1.44. The van der Waals surface area contributed by atoms with E-state index in [1.54, 1.807) is 6.20 Å². The smallest absolute Gasteiger partial charge is 0.109 e. The fraction of sp³-hybridized carbons (Fsp3) is 0.273. The van der Waals surface area contributed by atoms with E-state index >= 15 is 0 Å². The highest BCUT2D eigenvalue weighted by Gasteiger charge is 2.11. The summed E-state index contributed by atoms with van der Waals surface area (Å²) < 4.78 is 0. The van der Waals surface area contributed by atoms with Crippen molar-refractivity contribution in [1.82, 2.24) is 9.97 Å². The molecular weight excluding hydrogens is 160 g/mol. The van der Waals surface area contributed by atoms with Crippen molar-refractivity contribution in [1.29, 1.82) is 0 Å². The highest BCUT2D eigenvalue weighted by atomic mass is 14.8. The molecule has 0 bridgehead atoms. The number of fused-ring (bicyclic) bond motifs is 2. The number of nitrogens with zero attached hydrogens (tertiary/aromatic N) is 2. The van der Waals surface area contributed by atoms with E-state index in [1.165, 1.54) is 30.4 Å². The SMILES string of the molecule is [c]1cnc2cc3c(cc2n1)CCC3. The summed E-state index contributed by atoms with van der Waals surface area (Å²) >= 11 is 0. The van der Waals surface area contributed by atoms with Gasteiger partial charge in [0, 0.05) is 0 Å². The molecule has 1 heterocycles. The first-order valence-electron chi connectivity index (χ1n) is 4.58. The van der Waals surface area contributed by atoms with Crippen LogP contribution in [-0.2, 0) is 12.8 Å². The van der Waals surface area contributed by atoms with E-state index in [2.05, 4.69) is 28.3 Å². The van der Waals surface area contributed by atoms with Crippen molar-refractivity contribution in [2.75, 3.05) is 0 Å². The van der Waals surface area contributed by atoms with Crippen LogP contribution in [0.2, 0.25) is 0 Å².